The minimum atomic E-state index is -0.945. The lowest BCUT2D eigenvalue weighted by Gasteiger charge is -2.33. The zero-order valence-electron chi connectivity index (χ0n) is 17.0. The van der Waals surface area contributed by atoms with Gasteiger partial charge in [-0.2, -0.15) is 0 Å². The summed E-state index contributed by atoms with van der Waals surface area (Å²) in [6.45, 7) is 6.27. The third-order valence-electron chi connectivity index (χ3n) is 3.77. The number of aromatic nitrogens is 1. The fourth-order valence-corrected chi connectivity index (χ4v) is 2.65. The van der Waals surface area contributed by atoms with E-state index in [2.05, 4.69) is 4.98 Å². The maximum atomic E-state index is 11.4. The second-order valence-corrected chi connectivity index (χ2v) is 7.68. The molecule has 1 heterocycles. The van der Waals surface area contributed by atoms with Crippen LogP contribution in [0.5, 0.6) is 11.6 Å². The molecule has 0 aliphatic rings. The SMILES string of the molecule is COc1cc(Cl)nc(OCCCN(C(=O)O)C(C)(C)C)c1C/C=C/N(C)C. The molecule has 0 atom stereocenters. The normalized spacial score (nSPS) is 11.5. The molecule has 0 radical (unpaired) electrons. The van der Waals surface area contributed by atoms with E-state index in [1.165, 1.54) is 4.90 Å². The lowest BCUT2D eigenvalue weighted by atomic mass is 10.1. The second kappa shape index (κ2) is 10.3. The summed E-state index contributed by atoms with van der Waals surface area (Å²) < 4.78 is 11.2. The third kappa shape index (κ3) is 7.54. The summed E-state index contributed by atoms with van der Waals surface area (Å²) >= 11 is 6.07. The first kappa shape index (κ1) is 22.9. The molecule has 0 aliphatic heterocycles. The highest BCUT2D eigenvalue weighted by Gasteiger charge is 2.25. The molecule has 1 amide bonds. The van der Waals surface area contributed by atoms with Crippen molar-refractivity contribution in [3.8, 4) is 11.6 Å². The van der Waals surface area contributed by atoms with Gasteiger partial charge in [-0.3, -0.25) is 0 Å². The Morgan fingerprint density at radius 3 is 2.56 bits per heavy atom. The molecule has 0 saturated heterocycles. The molecule has 0 aromatic carbocycles. The number of carboxylic acid groups (broad SMARTS) is 1. The van der Waals surface area contributed by atoms with Gasteiger partial charge < -0.3 is 24.4 Å². The van der Waals surface area contributed by atoms with Crippen LogP contribution in [0.2, 0.25) is 5.15 Å². The molecule has 27 heavy (non-hydrogen) atoms. The number of allylic oxidation sites excluding steroid dienone is 1. The van der Waals surface area contributed by atoms with Crippen LogP contribution in [0.4, 0.5) is 4.79 Å². The third-order valence-corrected chi connectivity index (χ3v) is 3.96. The molecule has 8 heteroatoms. The number of methoxy groups -OCH3 is 1. The predicted molar refractivity (Wildman–Crippen MR) is 107 cm³/mol. The first-order valence-corrected chi connectivity index (χ1v) is 9.14. The van der Waals surface area contributed by atoms with Crippen LogP contribution < -0.4 is 9.47 Å². The van der Waals surface area contributed by atoms with Gasteiger partial charge in [0.1, 0.15) is 10.9 Å². The van der Waals surface area contributed by atoms with Gasteiger partial charge >= 0.3 is 6.09 Å². The highest BCUT2D eigenvalue weighted by molar-refractivity contribution is 6.29. The molecule has 0 aliphatic carbocycles. The van der Waals surface area contributed by atoms with E-state index in [4.69, 9.17) is 21.1 Å². The van der Waals surface area contributed by atoms with Gasteiger partial charge in [-0.1, -0.05) is 17.7 Å². The van der Waals surface area contributed by atoms with Gasteiger partial charge in [-0.15, -0.1) is 0 Å². The highest BCUT2D eigenvalue weighted by atomic mass is 35.5. The molecule has 1 N–H and O–H groups in total. The molecule has 0 fully saturated rings. The van der Waals surface area contributed by atoms with Crippen molar-refractivity contribution in [1.29, 1.82) is 0 Å². The van der Waals surface area contributed by atoms with Crippen molar-refractivity contribution in [1.82, 2.24) is 14.8 Å². The Morgan fingerprint density at radius 1 is 1.37 bits per heavy atom. The summed E-state index contributed by atoms with van der Waals surface area (Å²) in [7, 11) is 5.45. The van der Waals surface area contributed by atoms with E-state index in [0.717, 1.165) is 5.56 Å². The fourth-order valence-electron chi connectivity index (χ4n) is 2.48. The maximum absolute atomic E-state index is 11.4. The Hall–Kier alpha value is -2.15. The van der Waals surface area contributed by atoms with E-state index in [1.54, 1.807) is 13.2 Å². The molecule has 152 valence electrons. The lowest BCUT2D eigenvalue weighted by Crippen LogP contribution is -2.45. The maximum Gasteiger partial charge on any atom is 0.407 e. The standard InChI is InChI=1S/C19H30ClN3O4/c1-19(2,3)23(18(24)25)11-8-12-27-17-14(9-7-10-22(4)5)15(26-6)13-16(20)21-17/h7,10,13H,8-9,11-12H2,1-6H3,(H,24,25)/b10-7+. The van der Waals surface area contributed by atoms with Crippen molar-refractivity contribution in [2.24, 2.45) is 0 Å². The Kier molecular flexibility index (Phi) is 8.69. The molecule has 7 nitrogen and oxygen atoms in total. The average Bonchev–Trinajstić information content (AvgIpc) is 2.53. The number of nitrogens with zero attached hydrogens (tertiary/aromatic N) is 3. The Morgan fingerprint density at radius 2 is 2.04 bits per heavy atom. The molecule has 0 saturated carbocycles. The molecular formula is C19H30ClN3O4. The minimum absolute atomic E-state index is 0.282. The van der Waals surface area contributed by atoms with Gasteiger partial charge in [0.25, 0.3) is 0 Å². The van der Waals surface area contributed by atoms with Gasteiger partial charge in [-0.25, -0.2) is 9.78 Å². The largest absolute Gasteiger partial charge is 0.496 e. The van der Waals surface area contributed by atoms with Gasteiger partial charge in [0.2, 0.25) is 5.88 Å². The van der Waals surface area contributed by atoms with E-state index in [0.29, 0.717) is 37.6 Å². The van der Waals surface area contributed by atoms with Crippen LogP contribution in [0, 0.1) is 0 Å². The summed E-state index contributed by atoms with van der Waals surface area (Å²) in [5.41, 5.74) is 0.330. The number of rotatable bonds is 9. The second-order valence-electron chi connectivity index (χ2n) is 7.29. The van der Waals surface area contributed by atoms with E-state index < -0.39 is 11.6 Å². The summed E-state index contributed by atoms with van der Waals surface area (Å²) in [6.07, 6.45) is 4.08. The summed E-state index contributed by atoms with van der Waals surface area (Å²) in [5, 5.41) is 9.62. The van der Waals surface area contributed by atoms with Crippen LogP contribution in [-0.4, -0.2) is 65.9 Å². The molecule has 1 aromatic rings. The number of halogens is 1. The zero-order chi connectivity index (χ0) is 20.6. The number of carbonyl (C=O) groups is 1. The number of hydrogen-bond acceptors (Lipinski definition) is 5. The first-order valence-electron chi connectivity index (χ1n) is 8.76. The number of pyridine rings is 1. The van der Waals surface area contributed by atoms with Crippen LogP contribution in [0.3, 0.4) is 0 Å². The smallest absolute Gasteiger partial charge is 0.407 e. The van der Waals surface area contributed by atoms with Gasteiger partial charge in [0.05, 0.1) is 19.3 Å². The summed E-state index contributed by atoms with van der Waals surface area (Å²) in [6, 6.07) is 1.65. The Bertz CT molecular complexity index is 657. The van der Waals surface area contributed by atoms with Gasteiger partial charge in [0.15, 0.2) is 0 Å². The van der Waals surface area contributed by atoms with Gasteiger partial charge in [0, 0.05) is 38.7 Å². The summed E-state index contributed by atoms with van der Waals surface area (Å²) in [4.78, 5) is 19.0. The van der Waals surface area contributed by atoms with Crippen molar-refractivity contribution in [2.75, 3.05) is 34.4 Å². The monoisotopic (exact) mass is 399 g/mol. The van der Waals surface area contributed by atoms with Crippen LogP contribution in [0.1, 0.15) is 32.8 Å². The Labute approximate surface area is 166 Å². The average molecular weight is 400 g/mol. The lowest BCUT2D eigenvalue weighted by molar-refractivity contribution is 0.0959. The fraction of sp³-hybridized carbons (Fsp3) is 0.579. The van der Waals surface area contributed by atoms with E-state index in [9.17, 15) is 9.90 Å². The summed E-state index contributed by atoms with van der Waals surface area (Å²) in [5.74, 6) is 1.01. The molecule has 1 rings (SSSR count). The zero-order valence-corrected chi connectivity index (χ0v) is 17.7. The molecule has 0 unspecified atom stereocenters. The van der Waals surface area contributed by atoms with Crippen molar-refractivity contribution in [2.45, 2.75) is 39.2 Å². The number of amides is 1. The van der Waals surface area contributed by atoms with Crippen LogP contribution in [0.15, 0.2) is 18.3 Å². The van der Waals surface area contributed by atoms with Crippen LogP contribution in [0.25, 0.3) is 0 Å². The minimum Gasteiger partial charge on any atom is -0.496 e. The molecular weight excluding hydrogens is 370 g/mol. The molecule has 1 aromatic heterocycles. The van der Waals surface area contributed by atoms with Crippen molar-refractivity contribution in [3.63, 3.8) is 0 Å². The van der Waals surface area contributed by atoms with Gasteiger partial charge in [-0.05, 0) is 33.4 Å². The van der Waals surface area contributed by atoms with Crippen LogP contribution in [-0.2, 0) is 6.42 Å². The highest BCUT2D eigenvalue weighted by Crippen LogP contribution is 2.30. The quantitative estimate of drug-likeness (QED) is 0.501. The first-order chi connectivity index (χ1) is 12.6. The van der Waals surface area contributed by atoms with Crippen molar-refractivity contribution in [3.05, 3.63) is 29.1 Å². The number of hydrogen-bond donors (Lipinski definition) is 1. The van der Waals surface area contributed by atoms with E-state index in [1.807, 2.05) is 52.0 Å². The molecule has 0 spiro atoms. The number of ether oxygens (including phenoxy) is 2. The van der Waals surface area contributed by atoms with Crippen molar-refractivity contribution >= 4 is 17.7 Å². The van der Waals surface area contributed by atoms with Crippen LogP contribution >= 0.6 is 11.6 Å². The van der Waals surface area contributed by atoms with E-state index >= 15 is 0 Å². The van der Waals surface area contributed by atoms with E-state index in [-0.39, 0.29) is 5.15 Å². The van der Waals surface area contributed by atoms with Crippen molar-refractivity contribution < 1.29 is 19.4 Å². The molecule has 0 bridgehead atoms. The predicted octanol–water partition coefficient (Wildman–Crippen LogP) is 3.91. The topological polar surface area (TPSA) is 75.1 Å². The Balaban J connectivity index is 2.83.